The fraction of sp³-hybridized carbons (Fsp3) is 0.222. The Morgan fingerprint density at radius 1 is 1.50 bits per heavy atom. The van der Waals surface area contributed by atoms with Gasteiger partial charge in [-0.3, -0.25) is 0 Å². The van der Waals surface area contributed by atoms with E-state index in [0.717, 1.165) is 5.69 Å². The molecule has 5 nitrogen and oxygen atoms in total. The summed E-state index contributed by atoms with van der Waals surface area (Å²) in [5, 5.41) is 13.1. The van der Waals surface area contributed by atoms with Crippen LogP contribution in [0.25, 0.3) is 5.65 Å². The van der Waals surface area contributed by atoms with E-state index in [1.54, 1.807) is 26.1 Å². The second-order valence-electron chi connectivity index (χ2n) is 3.15. The van der Waals surface area contributed by atoms with E-state index in [1.807, 2.05) is 0 Å². The second-order valence-corrected chi connectivity index (χ2v) is 3.15. The van der Waals surface area contributed by atoms with E-state index < -0.39 is 5.97 Å². The molecule has 5 heteroatoms. The SMILES string of the molecule is Cc1cc2ncc(C)c(C(=O)O)n2n1. The number of aromatic nitrogens is 3. The molecule has 0 aromatic carbocycles. The lowest BCUT2D eigenvalue weighted by atomic mass is 10.2. The molecule has 2 heterocycles. The predicted molar refractivity (Wildman–Crippen MR) is 49.4 cm³/mol. The van der Waals surface area contributed by atoms with Crippen molar-refractivity contribution in [2.24, 2.45) is 0 Å². The monoisotopic (exact) mass is 191 g/mol. The van der Waals surface area contributed by atoms with Crippen LogP contribution < -0.4 is 0 Å². The summed E-state index contributed by atoms with van der Waals surface area (Å²) in [7, 11) is 0. The van der Waals surface area contributed by atoms with Crippen LogP contribution in [0.2, 0.25) is 0 Å². The fourth-order valence-electron chi connectivity index (χ4n) is 1.39. The Kier molecular flexibility index (Phi) is 1.73. The molecule has 0 spiro atoms. The third-order valence-electron chi connectivity index (χ3n) is 1.99. The minimum absolute atomic E-state index is 0.170. The minimum Gasteiger partial charge on any atom is -0.476 e. The van der Waals surface area contributed by atoms with Crippen molar-refractivity contribution in [2.45, 2.75) is 13.8 Å². The Morgan fingerprint density at radius 2 is 2.21 bits per heavy atom. The van der Waals surface area contributed by atoms with E-state index in [2.05, 4.69) is 10.1 Å². The molecule has 0 amide bonds. The maximum Gasteiger partial charge on any atom is 0.354 e. The molecular formula is C9H9N3O2. The van der Waals surface area contributed by atoms with Crippen LogP contribution in [0.1, 0.15) is 21.7 Å². The number of fused-ring (bicyclic) bond motifs is 1. The first-order valence-electron chi connectivity index (χ1n) is 4.15. The molecule has 0 atom stereocenters. The van der Waals surface area contributed by atoms with E-state index in [9.17, 15) is 4.79 Å². The largest absolute Gasteiger partial charge is 0.476 e. The number of carboxylic acids is 1. The average molecular weight is 191 g/mol. The molecule has 14 heavy (non-hydrogen) atoms. The number of rotatable bonds is 1. The predicted octanol–water partition coefficient (Wildman–Crippen LogP) is 1.04. The zero-order chi connectivity index (χ0) is 10.3. The number of hydrogen-bond donors (Lipinski definition) is 1. The highest BCUT2D eigenvalue weighted by molar-refractivity contribution is 5.87. The molecule has 0 unspecified atom stereocenters. The molecule has 2 aromatic heterocycles. The highest BCUT2D eigenvalue weighted by Gasteiger charge is 2.13. The molecule has 0 bridgehead atoms. The molecule has 0 saturated carbocycles. The second kappa shape index (κ2) is 2.80. The highest BCUT2D eigenvalue weighted by Crippen LogP contribution is 2.10. The van der Waals surface area contributed by atoms with Crippen LogP contribution in [-0.2, 0) is 0 Å². The van der Waals surface area contributed by atoms with Gasteiger partial charge in [0.25, 0.3) is 0 Å². The summed E-state index contributed by atoms with van der Waals surface area (Å²) >= 11 is 0. The maximum absolute atomic E-state index is 11.0. The van der Waals surface area contributed by atoms with Gasteiger partial charge in [-0.15, -0.1) is 0 Å². The van der Waals surface area contributed by atoms with Gasteiger partial charge in [0, 0.05) is 17.8 Å². The van der Waals surface area contributed by atoms with E-state index in [1.165, 1.54) is 4.52 Å². The molecule has 0 aliphatic rings. The normalized spacial score (nSPS) is 10.7. The van der Waals surface area contributed by atoms with Gasteiger partial charge in [0.15, 0.2) is 11.3 Å². The van der Waals surface area contributed by atoms with Gasteiger partial charge in [0.1, 0.15) is 0 Å². The smallest absolute Gasteiger partial charge is 0.354 e. The molecule has 0 radical (unpaired) electrons. The quantitative estimate of drug-likeness (QED) is 0.731. The summed E-state index contributed by atoms with van der Waals surface area (Å²) in [4.78, 5) is 15.0. The molecule has 0 fully saturated rings. The third-order valence-corrected chi connectivity index (χ3v) is 1.99. The van der Waals surface area contributed by atoms with Crippen LogP contribution in [0, 0.1) is 13.8 Å². The number of carboxylic acid groups (broad SMARTS) is 1. The first-order chi connectivity index (χ1) is 6.59. The number of carbonyl (C=O) groups is 1. The Morgan fingerprint density at radius 3 is 2.86 bits per heavy atom. The average Bonchev–Trinajstić information content (AvgIpc) is 2.43. The van der Waals surface area contributed by atoms with Gasteiger partial charge in [0.2, 0.25) is 0 Å². The summed E-state index contributed by atoms with van der Waals surface area (Å²) in [6.45, 7) is 3.50. The fourth-order valence-corrected chi connectivity index (χ4v) is 1.39. The van der Waals surface area contributed by atoms with Crippen LogP contribution in [0.5, 0.6) is 0 Å². The molecule has 2 aromatic rings. The topological polar surface area (TPSA) is 67.5 Å². The van der Waals surface area contributed by atoms with Crippen molar-refractivity contribution in [2.75, 3.05) is 0 Å². The van der Waals surface area contributed by atoms with Crippen molar-refractivity contribution in [3.63, 3.8) is 0 Å². The first kappa shape index (κ1) is 8.68. The lowest BCUT2D eigenvalue weighted by molar-refractivity contribution is 0.0686. The highest BCUT2D eigenvalue weighted by atomic mass is 16.4. The maximum atomic E-state index is 11.0. The van der Waals surface area contributed by atoms with Crippen LogP contribution in [0.4, 0.5) is 0 Å². The van der Waals surface area contributed by atoms with Gasteiger partial charge in [-0.2, -0.15) is 5.10 Å². The number of nitrogens with zero attached hydrogens (tertiary/aromatic N) is 3. The molecule has 0 aliphatic heterocycles. The van der Waals surface area contributed by atoms with Gasteiger partial charge in [0.05, 0.1) is 5.69 Å². The van der Waals surface area contributed by atoms with E-state index >= 15 is 0 Å². The van der Waals surface area contributed by atoms with Crippen molar-refractivity contribution >= 4 is 11.6 Å². The molecule has 2 rings (SSSR count). The summed E-state index contributed by atoms with van der Waals surface area (Å²) < 4.78 is 1.35. The van der Waals surface area contributed by atoms with Crippen LogP contribution in [0.3, 0.4) is 0 Å². The van der Waals surface area contributed by atoms with Crippen molar-refractivity contribution in [3.05, 3.63) is 29.2 Å². The van der Waals surface area contributed by atoms with Crippen LogP contribution in [-0.4, -0.2) is 25.7 Å². The molecule has 1 N–H and O–H groups in total. The number of aryl methyl sites for hydroxylation is 2. The summed E-state index contributed by atoms with van der Waals surface area (Å²) in [5.41, 5.74) is 2.09. The van der Waals surface area contributed by atoms with Gasteiger partial charge in [-0.1, -0.05) is 0 Å². The Labute approximate surface area is 80.0 Å². The van der Waals surface area contributed by atoms with Gasteiger partial charge in [-0.05, 0) is 13.8 Å². The standard InChI is InChI=1S/C9H9N3O2/c1-5-4-10-7-3-6(2)11-12(7)8(5)9(13)14/h3-4H,1-2H3,(H,13,14). The number of aromatic carboxylic acids is 1. The van der Waals surface area contributed by atoms with Crippen LogP contribution in [0.15, 0.2) is 12.3 Å². The number of hydrogen-bond acceptors (Lipinski definition) is 3. The molecule has 0 aliphatic carbocycles. The Bertz CT molecular complexity index is 516. The van der Waals surface area contributed by atoms with E-state index in [0.29, 0.717) is 11.2 Å². The lowest BCUT2D eigenvalue weighted by Crippen LogP contribution is -2.09. The van der Waals surface area contributed by atoms with E-state index in [4.69, 9.17) is 5.11 Å². The summed E-state index contributed by atoms with van der Waals surface area (Å²) in [5.74, 6) is -0.988. The Balaban J connectivity index is 2.88. The first-order valence-corrected chi connectivity index (χ1v) is 4.15. The van der Waals surface area contributed by atoms with Crippen molar-refractivity contribution in [1.29, 1.82) is 0 Å². The summed E-state index contributed by atoms with van der Waals surface area (Å²) in [6.07, 6.45) is 1.54. The van der Waals surface area contributed by atoms with Crippen molar-refractivity contribution in [3.8, 4) is 0 Å². The third kappa shape index (κ3) is 1.14. The zero-order valence-electron chi connectivity index (χ0n) is 7.85. The van der Waals surface area contributed by atoms with E-state index in [-0.39, 0.29) is 5.69 Å². The Hall–Kier alpha value is -1.91. The van der Waals surface area contributed by atoms with Crippen LogP contribution >= 0.6 is 0 Å². The molecule has 72 valence electrons. The van der Waals surface area contributed by atoms with Gasteiger partial charge >= 0.3 is 5.97 Å². The van der Waals surface area contributed by atoms with Gasteiger partial charge in [-0.25, -0.2) is 14.3 Å². The van der Waals surface area contributed by atoms with Crippen molar-refractivity contribution < 1.29 is 9.90 Å². The summed E-state index contributed by atoms with van der Waals surface area (Å²) in [6, 6.07) is 1.74. The molecule has 0 saturated heterocycles. The van der Waals surface area contributed by atoms with Crippen molar-refractivity contribution in [1.82, 2.24) is 14.6 Å². The van der Waals surface area contributed by atoms with Gasteiger partial charge < -0.3 is 5.11 Å². The molecular weight excluding hydrogens is 182 g/mol. The lowest BCUT2D eigenvalue weighted by Gasteiger charge is -2.01. The minimum atomic E-state index is -0.988. The zero-order valence-corrected chi connectivity index (χ0v) is 7.85.